The molecule has 16 heavy (non-hydrogen) atoms. The maximum Gasteiger partial charge on any atom is 0.331 e. The number of hydrogen-bond acceptors (Lipinski definition) is 4. The number of aromatic hydroxyl groups is 2. The van der Waals surface area contributed by atoms with Crippen molar-refractivity contribution in [2.45, 2.75) is 13.8 Å². The lowest BCUT2D eigenvalue weighted by molar-refractivity contribution is -0.137. The highest BCUT2D eigenvalue weighted by Gasteiger charge is 2.04. The molecule has 0 unspecified atom stereocenters. The molecule has 0 aliphatic rings. The molecule has 0 saturated heterocycles. The first-order chi connectivity index (χ1) is 7.54. The van der Waals surface area contributed by atoms with Crippen LogP contribution in [0.3, 0.4) is 0 Å². The van der Waals surface area contributed by atoms with Crippen LogP contribution in [0.4, 0.5) is 0 Å². The maximum absolute atomic E-state index is 11.2. The molecule has 0 aromatic heterocycles. The minimum absolute atomic E-state index is 0.187. The van der Waals surface area contributed by atoms with E-state index in [0.717, 1.165) is 0 Å². The molecule has 4 heteroatoms. The average molecular weight is 222 g/mol. The zero-order valence-electron chi connectivity index (χ0n) is 9.23. The first-order valence-electron chi connectivity index (χ1n) is 4.92. The molecule has 0 saturated carbocycles. The molecular weight excluding hydrogens is 208 g/mol. The second kappa shape index (κ2) is 5.21. The highest BCUT2D eigenvalue weighted by Crippen LogP contribution is 2.27. The summed E-state index contributed by atoms with van der Waals surface area (Å²) in [5, 5.41) is 18.4. The highest BCUT2D eigenvalue weighted by molar-refractivity contribution is 5.91. The zero-order chi connectivity index (χ0) is 12.1. The van der Waals surface area contributed by atoms with Crippen molar-refractivity contribution in [1.82, 2.24) is 0 Å². The molecule has 1 aromatic rings. The van der Waals surface area contributed by atoms with Crippen molar-refractivity contribution in [1.29, 1.82) is 0 Å². The first kappa shape index (κ1) is 12.1. The molecule has 4 nitrogen and oxygen atoms in total. The zero-order valence-corrected chi connectivity index (χ0v) is 9.23. The molecular formula is C12H14O4. The number of benzene rings is 1. The van der Waals surface area contributed by atoms with Crippen LogP contribution in [0.15, 0.2) is 24.3 Å². The van der Waals surface area contributed by atoms with Crippen molar-refractivity contribution in [3.63, 3.8) is 0 Å². The van der Waals surface area contributed by atoms with Gasteiger partial charge in [-0.15, -0.1) is 0 Å². The van der Waals surface area contributed by atoms with Crippen molar-refractivity contribution >= 4 is 11.5 Å². The molecule has 0 amide bonds. The van der Waals surface area contributed by atoms with Gasteiger partial charge in [-0.3, -0.25) is 0 Å². The summed E-state index contributed by atoms with van der Waals surface area (Å²) < 4.78 is 4.76. The SMILES string of the molecule is CCOC(=O)C=C(C)c1ccc(O)c(O)c1. The standard InChI is InChI=1S/C12H14O4/c1-3-16-12(15)6-8(2)9-4-5-10(13)11(14)7-9/h4-7,13-14H,3H2,1-2H3. The Bertz CT molecular complexity index is 421. The predicted octanol–water partition coefficient (Wildman–Crippen LogP) is 2.06. The lowest BCUT2D eigenvalue weighted by Crippen LogP contribution is -2.00. The van der Waals surface area contributed by atoms with E-state index in [1.54, 1.807) is 19.9 Å². The number of ether oxygens (including phenoxy) is 1. The average Bonchev–Trinajstić information content (AvgIpc) is 2.22. The van der Waals surface area contributed by atoms with Crippen LogP contribution in [-0.2, 0) is 9.53 Å². The Balaban J connectivity index is 2.91. The van der Waals surface area contributed by atoms with Crippen molar-refractivity contribution in [2.75, 3.05) is 6.61 Å². The Hall–Kier alpha value is -1.97. The van der Waals surface area contributed by atoms with Crippen molar-refractivity contribution in [3.05, 3.63) is 29.8 Å². The highest BCUT2D eigenvalue weighted by atomic mass is 16.5. The van der Waals surface area contributed by atoms with Gasteiger partial charge >= 0.3 is 5.97 Å². The van der Waals surface area contributed by atoms with E-state index in [-0.39, 0.29) is 11.5 Å². The number of esters is 1. The van der Waals surface area contributed by atoms with E-state index >= 15 is 0 Å². The summed E-state index contributed by atoms with van der Waals surface area (Å²) in [5.41, 5.74) is 1.32. The predicted molar refractivity (Wildman–Crippen MR) is 60.1 cm³/mol. The second-order valence-electron chi connectivity index (χ2n) is 3.28. The molecule has 2 N–H and O–H groups in total. The van der Waals surface area contributed by atoms with Gasteiger partial charge in [0.2, 0.25) is 0 Å². The van der Waals surface area contributed by atoms with Gasteiger partial charge in [0.25, 0.3) is 0 Å². The van der Waals surface area contributed by atoms with E-state index < -0.39 is 5.97 Å². The quantitative estimate of drug-likeness (QED) is 0.466. The third-order valence-electron chi connectivity index (χ3n) is 2.05. The summed E-state index contributed by atoms with van der Waals surface area (Å²) in [6, 6.07) is 4.37. The minimum atomic E-state index is -0.424. The molecule has 0 aliphatic carbocycles. The van der Waals surface area contributed by atoms with Gasteiger partial charge in [0.15, 0.2) is 11.5 Å². The largest absolute Gasteiger partial charge is 0.504 e. The number of carbonyl (C=O) groups is 1. The summed E-state index contributed by atoms with van der Waals surface area (Å²) in [6.07, 6.45) is 1.34. The third-order valence-corrected chi connectivity index (χ3v) is 2.05. The summed E-state index contributed by atoms with van der Waals surface area (Å²) in [4.78, 5) is 11.2. The number of carbonyl (C=O) groups excluding carboxylic acids is 1. The van der Waals surface area contributed by atoms with Crippen LogP contribution in [-0.4, -0.2) is 22.8 Å². The van der Waals surface area contributed by atoms with E-state index in [1.165, 1.54) is 18.2 Å². The fraction of sp³-hybridized carbons (Fsp3) is 0.250. The van der Waals surface area contributed by atoms with Gasteiger partial charge in [-0.25, -0.2) is 4.79 Å². The van der Waals surface area contributed by atoms with Crippen molar-refractivity contribution in [2.24, 2.45) is 0 Å². The number of phenolic OH excluding ortho intramolecular Hbond substituents is 2. The normalized spacial score (nSPS) is 11.2. The Morgan fingerprint density at radius 1 is 1.38 bits per heavy atom. The molecule has 1 rings (SSSR count). The monoisotopic (exact) mass is 222 g/mol. The van der Waals surface area contributed by atoms with Gasteiger partial charge in [-0.2, -0.15) is 0 Å². The van der Waals surface area contributed by atoms with Gasteiger partial charge in [0, 0.05) is 6.08 Å². The van der Waals surface area contributed by atoms with Crippen LogP contribution in [0.2, 0.25) is 0 Å². The van der Waals surface area contributed by atoms with Gasteiger partial charge in [0.05, 0.1) is 6.61 Å². The van der Waals surface area contributed by atoms with Crippen molar-refractivity contribution < 1.29 is 19.7 Å². The van der Waals surface area contributed by atoms with Crippen LogP contribution in [0.25, 0.3) is 5.57 Å². The van der Waals surface area contributed by atoms with Crippen LogP contribution in [0.5, 0.6) is 11.5 Å². The summed E-state index contributed by atoms with van der Waals surface area (Å²) in [5.74, 6) is -0.825. The molecule has 0 spiro atoms. The number of phenols is 2. The third kappa shape index (κ3) is 3.02. The number of hydrogen-bond donors (Lipinski definition) is 2. The lowest BCUT2D eigenvalue weighted by Gasteiger charge is -2.04. The van der Waals surface area contributed by atoms with E-state index in [0.29, 0.717) is 17.7 Å². The lowest BCUT2D eigenvalue weighted by atomic mass is 10.1. The van der Waals surface area contributed by atoms with E-state index in [2.05, 4.69) is 0 Å². The summed E-state index contributed by atoms with van der Waals surface area (Å²) in [6.45, 7) is 3.78. The molecule has 1 aromatic carbocycles. The Kier molecular flexibility index (Phi) is 3.94. The molecule has 0 fully saturated rings. The Labute approximate surface area is 93.8 Å². The number of allylic oxidation sites excluding steroid dienone is 1. The molecule has 0 atom stereocenters. The van der Waals surface area contributed by atoms with Crippen LogP contribution >= 0.6 is 0 Å². The molecule has 0 radical (unpaired) electrons. The fourth-order valence-electron chi connectivity index (χ4n) is 1.21. The van der Waals surface area contributed by atoms with Crippen LogP contribution < -0.4 is 0 Å². The van der Waals surface area contributed by atoms with E-state index in [4.69, 9.17) is 9.84 Å². The smallest absolute Gasteiger partial charge is 0.331 e. The summed E-state index contributed by atoms with van der Waals surface area (Å²) >= 11 is 0. The van der Waals surface area contributed by atoms with Gasteiger partial charge in [0.1, 0.15) is 0 Å². The van der Waals surface area contributed by atoms with Gasteiger partial charge in [-0.05, 0) is 37.1 Å². The molecule has 0 aliphatic heterocycles. The molecule has 0 heterocycles. The van der Waals surface area contributed by atoms with E-state index in [9.17, 15) is 9.90 Å². The topological polar surface area (TPSA) is 66.8 Å². The fourth-order valence-corrected chi connectivity index (χ4v) is 1.21. The van der Waals surface area contributed by atoms with E-state index in [1.807, 2.05) is 0 Å². The Morgan fingerprint density at radius 3 is 2.62 bits per heavy atom. The molecule has 86 valence electrons. The molecule has 0 bridgehead atoms. The second-order valence-corrected chi connectivity index (χ2v) is 3.28. The van der Waals surface area contributed by atoms with Gasteiger partial charge < -0.3 is 14.9 Å². The maximum atomic E-state index is 11.2. The van der Waals surface area contributed by atoms with Crippen LogP contribution in [0, 0.1) is 0 Å². The van der Waals surface area contributed by atoms with Crippen LogP contribution in [0.1, 0.15) is 19.4 Å². The Morgan fingerprint density at radius 2 is 2.06 bits per heavy atom. The summed E-state index contributed by atoms with van der Waals surface area (Å²) in [7, 11) is 0. The first-order valence-corrected chi connectivity index (χ1v) is 4.92. The van der Waals surface area contributed by atoms with Gasteiger partial charge in [-0.1, -0.05) is 6.07 Å². The minimum Gasteiger partial charge on any atom is -0.504 e. The number of rotatable bonds is 3. The van der Waals surface area contributed by atoms with Crippen molar-refractivity contribution in [3.8, 4) is 11.5 Å².